The molecule has 0 saturated heterocycles. The topological polar surface area (TPSA) is 67.2 Å². The molecular formula is C14H14BrN3O. The van der Waals surface area contributed by atoms with Gasteiger partial charge < -0.3 is 16.4 Å². The van der Waals surface area contributed by atoms with E-state index in [0.29, 0.717) is 17.1 Å². The van der Waals surface area contributed by atoms with Crippen LogP contribution in [0.3, 0.4) is 0 Å². The molecular weight excluding hydrogens is 306 g/mol. The second-order valence-corrected chi connectivity index (χ2v) is 5.09. The molecule has 0 saturated carbocycles. The fourth-order valence-corrected chi connectivity index (χ4v) is 1.88. The lowest BCUT2D eigenvalue weighted by Gasteiger charge is -2.10. The molecule has 0 aliphatic rings. The Bertz CT molecular complexity index is 596. The maximum absolute atomic E-state index is 11.8. The predicted octanol–water partition coefficient (Wildman–Crippen LogP) is 3.98. The average molecular weight is 320 g/mol. The third kappa shape index (κ3) is 3.72. The molecule has 98 valence electrons. The molecule has 2 rings (SSSR count). The highest BCUT2D eigenvalue weighted by Gasteiger charge is 2.05. The van der Waals surface area contributed by atoms with E-state index in [1.54, 1.807) is 6.07 Å². The Morgan fingerprint density at radius 1 is 1.11 bits per heavy atom. The van der Waals surface area contributed by atoms with E-state index in [-0.39, 0.29) is 6.03 Å². The van der Waals surface area contributed by atoms with Gasteiger partial charge in [-0.1, -0.05) is 22.0 Å². The Morgan fingerprint density at radius 2 is 1.79 bits per heavy atom. The molecule has 0 fully saturated rings. The number of nitrogen functional groups attached to an aromatic ring is 1. The second kappa shape index (κ2) is 5.75. The van der Waals surface area contributed by atoms with Gasteiger partial charge in [0.15, 0.2) is 0 Å². The van der Waals surface area contributed by atoms with E-state index in [4.69, 9.17) is 5.73 Å². The van der Waals surface area contributed by atoms with Crippen LogP contribution in [0.25, 0.3) is 0 Å². The molecule has 0 atom stereocenters. The Labute approximate surface area is 120 Å². The van der Waals surface area contributed by atoms with Crippen LogP contribution in [0.1, 0.15) is 5.56 Å². The molecule has 19 heavy (non-hydrogen) atoms. The molecule has 0 unspecified atom stereocenters. The van der Waals surface area contributed by atoms with Crippen LogP contribution in [0.4, 0.5) is 21.9 Å². The van der Waals surface area contributed by atoms with Crippen molar-refractivity contribution in [2.24, 2.45) is 0 Å². The van der Waals surface area contributed by atoms with Crippen LogP contribution in [-0.2, 0) is 0 Å². The zero-order valence-electron chi connectivity index (χ0n) is 10.4. The molecule has 4 nitrogen and oxygen atoms in total. The largest absolute Gasteiger partial charge is 0.397 e. The molecule has 2 aromatic carbocycles. The zero-order chi connectivity index (χ0) is 13.8. The number of nitrogens with two attached hydrogens (primary N) is 1. The first kappa shape index (κ1) is 13.4. The lowest BCUT2D eigenvalue weighted by Crippen LogP contribution is -2.20. The number of aryl methyl sites for hydroxylation is 1. The van der Waals surface area contributed by atoms with Gasteiger partial charge in [0, 0.05) is 10.2 Å². The molecule has 0 heterocycles. The number of carbonyl (C=O) groups excluding carboxylic acids is 1. The first-order valence-corrected chi connectivity index (χ1v) is 6.53. The van der Waals surface area contributed by atoms with E-state index in [1.165, 1.54) is 0 Å². The number of urea groups is 1. The van der Waals surface area contributed by atoms with Gasteiger partial charge in [-0.05, 0) is 48.9 Å². The summed E-state index contributed by atoms with van der Waals surface area (Å²) in [5.74, 6) is 0. The van der Waals surface area contributed by atoms with Crippen LogP contribution in [0.2, 0.25) is 0 Å². The van der Waals surface area contributed by atoms with Crippen molar-refractivity contribution in [2.45, 2.75) is 6.92 Å². The quantitative estimate of drug-likeness (QED) is 0.733. The molecule has 4 N–H and O–H groups in total. The van der Waals surface area contributed by atoms with Gasteiger partial charge in [-0.15, -0.1) is 0 Å². The van der Waals surface area contributed by atoms with Crippen molar-refractivity contribution < 1.29 is 4.79 Å². The van der Waals surface area contributed by atoms with Gasteiger partial charge in [-0.2, -0.15) is 0 Å². The number of anilines is 3. The number of amides is 2. The molecule has 0 aliphatic heterocycles. The minimum atomic E-state index is -0.321. The number of hydrogen-bond donors (Lipinski definition) is 3. The Balaban J connectivity index is 2.03. The molecule has 5 heteroatoms. The molecule has 0 aromatic heterocycles. The van der Waals surface area contributed by atoms with Gasteiger partial charge in [0.25, 0.3) is 0 Å². The molecule has 0 aliphatic carbocycles. The zero-order valence-corrected chi connectivity index (χ0v) is 12.0. The number of benzene rings is 2. The standard InChI is InChI=1S/C14H14BrN3O/c1-9-2-7-13(12(16)8-9)18-14(19)17-11-5-3-10(15)4-6-11/h2-8H,16H2,1H3,(H2,17,18,19). The minimum Gasteiger partial charge on any atom is -0.397 e. The van der Waals surface area contributed by atoms with E-state index >= 15 is 0 Å². The fourth-order valence-electron chi connectivity index (χ4n) is 1.61. The second-order valence-electron chi connectivity index (χ2n) is 4.18. The lowest BCUT2D eigenvalue weighted by atomic mass is 10.2. The average Bonchev–Trinajstić information content (AvgIpc) is 2.36. The first-order chi connectivity index (χ1) is 9.04. The number of carbonyl (C=O) groups is 1. The summed E-state index contributed by atoms with van der Waals surface area (Å²) in [7, 11) is 0. The summed E-state index contributed by atoms with van der Waals surface area (Å²) >= 11 is 3.34. The highest BCUT2D eigenvalue weighted by molar-refractivity contribution is 9.10. The van der Waals surface area contributed by atoms with E-state index in [9.17, 15) is 4.79 Å². The van der Waals surface area contributed by atoms with Crippen LogP contribution in [0.15, 0.2) is 46.9 Å². The van der Waals surface area contributed by atoms with Crippen molar-refractivity contribution in [3.63, 3.8) is 0 Å². The van der Waals surface area contributed by atoms with Gasteiger partial charge in [0.05, 0.1) is 11.4 Å². The summed E-state index contributed by atoms with van der Waals surface area (Å²) < 4.78 is 0.959. The number of hydrogen-bond acceptors (Lipinski definition) is 2. The van der Waals surface area contributed by atoms with Crippen LogP contribution >= 0.6 is 15.9 Å². The van der Waals surface area contributed by atoms with Crippen molar-refractivity contribution in [1.82, 2.24) is 0 Å². The normalized spacial score (nSPS) is 10.0. The van der Waals surface area contributed by atoms with Crippen molar-refractivity contribution in [2.75, 3.05) is 16.4 Å². The summed E-state index contributed by atoms with van der Waals surface area (Å²) in [5.41, 5.74) is 8.75. The van der Waals surface area contributed by atoms with Gasteiger partial charge in [0.1, 0.15) is 0 Å². The number of halogens is 1. The monoisotopic (exact) mass is 319 g/mol. The third-order valence-corrected chi connectivity index (χ3v) is 3.09. The van der Waals surface area contributed by atoms with Gasteiger partial charge >= 0.3 is 6.03 Å². The fraction of sp³-hybridized carbons (Fsp3) is 0.0714. The van der Waals surface area contributed by atoms with E-state index in [1.807, 2.05) is 43.3 Å². The summed E-state index contributed by atoms with van der Waals surface area (Å²) in [6.07, 6.45) is 0. The maximum atomic E-state index is 11.8. The highest BCUT2D eigenvalue weighted by Crippen LogP contribution is 2.20. The summed E-state index contributed by atoms with van der Waals surface area (Å²) in [5, 5.41) is 5.45. The number of nitrogens with one attached hydrogen (secondary N) is 2. The summed E-state index contributed by atoms with van der Waals surface area (Å²) in [6.45, 7) is 1.95. The number of rotatable bonds is 2. The van der Waals surface area contributed by atoms with E-state index in [2.05, 4.69) is 26.6 Å². The smallest absolute Gasteiger partial charge is 0.323 e. The molecule has 0 radical (unpaired) electrons. The highest BCUT2D eigenvalue weighted by atomic mass is 79.9. The van der Waals surface area contributed by atoms with Gasteiger partial charge in [-0.3, -0.25) is 0 Å². The minimum absolute atomic E-state index is 0.321. The van der Waals surface area contributed by atoms with Crippen molar-refractivity contribution in [3.05, 3.63) is 52.5 Å². The molecule has 0 bridgehead atoms. The van der Waals surface area contributed by atoms with Crippen LogP contribution in [0, 0.1) is 6.92 Å². The molecule has 2 aromatic rings. The van der Waals surface area contributed by atoms with Crippen molar-refractivity contribution >= 4 is 39.0 Å². The van der Waals surface area contributed by atoms with Crippen LogP contribution in [-0.4, -0.2) is 6.03 Å². The summed E-state index contributed by atoms with van der Waals surface area (Å²) in [6, 6.07) is 12.5. The summed E-state index contributed by atoms with van der Waals surface area (Å²) in [4.78, 5) is 11.8. The Morgan fingerprint density at radius 3 is 2.42 bits per heavy atom. The maximum Gasteiger partial charge on any atom is 0.323 e. The van der Waals surface area contributed by atoms with E-state index in [0.717, 1.165) is 10.0 Å². The van der Waals surface area contributed by atoms with Crippen LogP contribution < -0.4 is 16.4 Å². The Hall–Kier alpha value is -2.01. The van der Waals surface area contributed by atoms with Gasteiger partial charge in [0.2, 0.25) is 0 Å². The van der Waals surface area contributed by atoms with Gasteiger partial charge in [-0.25, -0.2) is 4.79 Å². The van der Waals surface area contributed by atoms with Crippen LogP contribution in [0.5, 0.6) is 0 Å². The van der Waals surface area contributed by atoms with E-state index < -0.39 is 0 Å². The molecule has 0 spiro atoms. The SMILES string of the molecule is Cc1ccc(NC(=O)Nc2ccc(Br)cc2)c(N)c1. The van der Waals surface area contributed by atoms with Crippen molar-refractivity contribution in [1.29, 1.82) is 0 Å². The van der Waals surface area contributed by atoms with Crippen molar-refractivity contribution in [3.8, 4) is 0 Å². The third-order valence-electron chi connectivity index (χ3n) is 2.56. The first-order valence-electron chi connectivity index (χ1n) is 5.74. The predicted molar refractivity (Wildman–Crippen MR) is 82.4 cm³/mol. The lowest BCUT2D eigenvalue weighted by molar-refractivity contribution is 0.262. The molecule has 2 amide bonds. The Kier molecular flexibility index (Phi) is 4.06.